The minimum Gasteiger partial charge on any atom is -0.383 e. The second-order valence-electron chi connectivity index (χ2n) is 2.26. The Kier molecular flexibility index (Phi) is 4.20. The summed E-state index contributed by atoms with van der Waals surface area (Å²) in [6.07, 6.45) is 1.47. The number of anilines is 1. The second-order valence-corrected chi connectivity index (χ2v) is 2.67. The topological polar surface area (TPSA) is 59.3 Å². The highest BCUT2D eigenvalue weighted by atomic mass is 32.1. The lowest BCUT2D eigenvalue weighted by molar-refractivity contribution is 0.204. The van der Waals surface area contributed by atoms with Gasteiger partial charge in [-0.25, -0.2) is 0 Å². The van der Waals surface area contributed by atoms with Crippen LogP contribution < -0.4 is 10.6 Å². The summed E-state index contributed by atoms with van der Waals surface area (Å²) in [5.74, 6) is 0.593. The number of hydrogen-bond acceptors (Lipinski definition) is 4. The third kappa shape index (κ3) is 3.86. The summed E-state index contributed by atoms with van der Waals surface area (Å²) in [4.78, 5) is 0. The van der Waals surface area contributed by atoms with E-state index in [1.807, 2.05) is 0 Å². The van der Waals surface area contributed by atoms with E-state index in [9.17, 15) is 0 Å². The third-order valence-electron chi connectivity index (χ3n) is 1.27. The predicted molar refractivity (Wildman–Crippen MR) is 52.6 cm³/mol. The molecule has 0 aliphatic carbocycles. The van der Waals surface area contributed by atoms with Gasteiger partial charge in [-0.1, -0.05) is 5.16 Å². The van der Waals surface area contributed by atoms with Gasteiger partial charge in [0, 0.05) is 19.7 Å². The minimum absolute atomic E-state index is 0.506. The van der Waals surface area contributed by atoms with E-state index >= 15 is 0 Å². The normalized spacial score (nSPS) is 9.62. The van der Waals surface area contributed by atoms with Crippen molar-refractivity contribution in [1.29, 1.82) is 0 Å². The fourth-order valence-corrected chi connectivity index (χ4v) is 0.911. The molecule has 0 aromatic carbocycles. The molecule has 1 aromatic rings. The summed E-state index contributed by atoms with van der Waals surface area (Å²) in [6.45, 7) is 1.28. The van der Waals surface area contributed by atoms with Crippen LogP contribution in [0.15, 0.2) is 16.9 Å². The Labute approximate surface area is 81.4 Å². The Morgan fingerprint density at radius 1 is 1.77 bits per heavy atom. The predicted octanol–water partition coefficient (Wildman–Crippen LogP) is 0.607. The van der Waals surface area contributed by atoms with Crippen molar-refractivity contribution < 1.29 is 9.26 Å². The zero-order chi connectivity index (χ0) is 9.52. The average Bonchev–Trinajstić information content (AvgIpc) is 2.57. The maximum absolute atomic E-state index is 4.96. The smallest absolute Gasteiger partial charge is 0.175 e. The zero-order valence-corrected chi connectivity index (χ0v) is 8.06. The largest absolute Gasteiger partial charge is 0.383 e. The molecule has 0 atom stereocenters. The molecule has 13 heavy (non-hydrogen) atoms. The molecule has 72 valence electrons. The summed E-state index contributed by atoms with van der Waals surface area (Å²) < 4.78 is 9.46. The fourth-order valence-electron chi connectivity index (χ4n) is 0.704. The highest BCUT2D eigenvalue weighted by Gasteiger charge is 1.98. The van der Waals surface area contributed by atoms with Crippen LogP contribution in [0.5, 0.6) is 0 Å². The van der Waals surface area contributed by atoms with Gasteiger partial charge < -0.3 is 19.9 Å². The Balaban J connectivity index is 2.18. The van der Waals surface area contributed by atoms with E-state index in [2.05, 4.69) is 20.3 Å². The number of aromatic nitrogens is 1. The standard InChI is InChI=1S/C7H11N3O2S/c1-11-5-3-8-7(13)9-6-2-4-12-10-6/h2,4H,3,5H2,1H3,(H2,8,9,10,13). The summed E-state index contributed by atoms with van der Waals surface area (Å²) >= 11 is 4.96. The lowest BCUT2D eigenvalue weighted by atomic mass is 10.6. The first-order chi connectivity index (χ1) is 6.33. The zero-order valence-electron chi connectivity index (χ0n) is 7.24. The van der Waals surface area contributed by atoms with Gasteiger partial charge in [-0.05, 0) is 12.2 Å². The third-order valence-corrected chi connectivity index (χ3v) is 1.52. The van der Waals surface area contributed by atoms with Crippen molar-refractivity contribution in [3.8, 4) is 0 Å². The van der Waals surface area contributed by atoms with Crippen LogP contribution in [0.4, 0.5) is 5.82 Å². The van der Waals surface area contributed by atoms with Gasteiger partial charge in [0.15, 0.2) is 10.9 Å². The molecule has 0 aliphatic heterocycles. The van der Waals surface area contributed by atoms with Crippen LogP contribution >= 0.6 is 12.2 Å². The van der Waals surface area contributed by atoms with Crippen molar-refractivity contribution in [2.24, 2.45) is 0 Å². The molecular weight excluding hydrogens is 190 g/mol. The second kappa shape index (κ2) is 5.50. The Morgan fingerprint density at radius 3 is 3.23 bits per heavy atom. The molecular formula is C7H11N3O2S. The van der Waals surface area contributed by atoms with E-state index in [0.717, 1.165) is 0 Å². The van der Waals surface area contributed by atoms with E-state index in [0.29, 0.717) is 24.1 Å². The number of nitrogens with zero attached hydrogens (tertiary/aromatic N) is 1. The van der Waals surface area contributed by atoms with Crippen LogP contribution in [0.1, 0.15) is 0 Å². The number of nitrogens with one attached hydrogen (secondary N) is 2. The molecule has 0 radical (unpaired) electrons. The van der Waals surface area contributed by atoms with Gasteiger partial charge in [0.2, 0.25) is 0 Å². The van der Waals surface area contributed by atoms with Gasteiger partial charge in [-0.15, -0.1) is 0 Å². The summed E-state index contributed by atoms with van der Waals surface area (Å²) in [5.41, 5.74) is 0. The number of methoxy groups -OCH3 is 1. The van der Waals surface area contributed by atoms with E-state index in [1.54, 1.807) is 13.2 Å². The lowest BCUT2D eigenvalue weighted by Gasteiger charge is -2.06. The van der Waals surface area contributed by atoms with E-state index < -0.39 is 0 Å². The first-order valence-electron chi connectivity index (χ1n) is 3.77. The molecule has 1 rings (SSSR count). The molecule has 2 N–H and O–H groups in total. The summed E-state index contributed by atoms with van der Waals surface area (Å²) in [5, 5.41) is 9.92. The fraction of sp³-hybridized carbons (Fsp3) is 0.429. The number of rotatable bonds is 4. The van der Waals surface area contributed by atoms with Crippen LogP contribution in [0, 0.1) is 0 Å². The SMILES string of the molecule is COCCNC(=S)Nc1ccon1. The van der Waals surface area contributed by atoms with Gasteiger partial charge in [0.05, 0.1) is 6.61 Å². The van der Waals surface area contributed by atoms with E-state index in [-0.39, 0.29) is 0 Å². The van der Waals surface area contributed by atoms with Gasteiger partial charge in [-0.2, -0.15) is 0 Å². The monoisotopic (exact) mass is 201 g/mol. The Morgan fingerprint density at radius 2 is 2.62 bits per heavy atom. The van der Waals surface area contributed by atoms with Gasteiger partial charge >= 0.3 is 0 Å². The quantitative estimate of drug-likeness (QED) is 0.549. The first-order valence-corrected chi connectivity index (χ1v) is 4.18. The molecule has 0 amide bonds. The Bertz CT molecular complexity index is 250. The van der Waals surface area contributed by atoms with Crippen molar-refractivity contribution >= 4 is 23.1 Å². The van der Waals surface area contributed by atoms with Crippen molar-refractivity contribution in [3.05, 3.63) is 12.3 Å². The van der Waals surface area contributed by atoms with Gasteiger partial charge in [-0.3, -0.25) is 0 Å². The Hall–Kier alpha value is -1.14. The van der Waals surface area contributed by atoms with E-state index in [4.69, 9.17) is 17.0 Å². The highest BCUT2D eigenvalue weighted by Crippen LogP contribution is 1.99. The van der Waals surface area contributed by atoms with E-state index in [1.165, 1.54) is 6.26 Å². The van der Waals surface area contributed by atoms with Crippen LogP contribution in [0.2, 0.25) is 0 Å². The number of thiocarbonyl (C=S) groups is 1. The first kappa shape index (κ1) is 9.94. The average molecular weight is 201 g/mol. The molecule has 0 bridgehead atoms. The minimum atomic E-state index is 0.506. The maximum atomic E-state index is 4.96. The van der Waals surface area contributed by atoms with Gasteiger partial charge in [0.1, 0.15) is 6.26 Å². The maximum Gasteiger partial charge on any atom is 0.175 e. The molecule has 0 saturated carbocycles. The summed E-state index contributed by atoms with van der Waals surface area (Å²) in [7, 11) is 1.63. The van der Waals surface area contributed by atoms with Crippen molar-refractivity contribution in [3.63, 3.8) is 0 Å². The van der Waals surface area contributed by atoms with Crippen molar-refractivity contribution in [2.45, 2.75) is 0 Å². The molecule has 1 aromatic heterocycles. The molecule has 0 unspecified atom stereocenters. The van der Waals surface area contributed by atoms with Crippen molar-refractivity contribution in [1.82, 2.24) is 10.5 Å². The summed E-state index contributed by atoms with van der Waals surface area (Å²) in [6, 6.07) is 1.68. The molecule has 0 fully saturated rings. The van der Waals surface area contributed by atoms with Crippen LogP contribution in [-0.2, 0) is 4.74 Å². The van der Waals surface area contributed by atoms with Gasteiger partial charge in [0.25, 0.3) is 0 Å². The molecule has 5 nitrogen and oxygen atoms in total. The molecule has 0 aliphatic rings. The number of hydrogen-bond donors (Lipinski definition) is 2. The van der Waals surface area contributed by atoms with Crippen LogP contribution in [-0.4, -0.2) is 30.5 Å². The number of ether oxygens (including phenoxy) is 1. The van der Waals surface area contributed by atoms with Crippen molar-refractivity contribution in [2.75, 3.05) is 25.6 Å². The lowest BCUT2D eigenvalue weighted by Crippen LogP contribution is -2.31. The highest BCUT2D eigenvalue weighted by molar-refractivity contribution is 7.80. The van der Waals surface area contributed by atoms with Crippen LogP contribution in [0.3, 0.4) is 0 Å². The molecule has 1 heterocycles. The van der Waals surface area contributed by atoms with Crippen LogP contribution in [0.25, 0.3) is 0 Å². The molecule has 6 heteroatoms. The molecule has 0 spiro atoms. The molecule has 0 saturated heterocycles.